The summed E-state index contributed by atoms with van der Waals surface area (Å²) in [6.45, 7) is 1.94. The molecule has 0 saturated carbocycles. The molecule has 0 aromatic carbocycles. The van der Waals surface area contributed by atoms with E-state index in [0.29, 0.717) is 5.82 Å². The smallest absolute Gasteiger partial charge is 0.118 e. The second-order valence-electron chi connectivity index (χ2n) is 1.70. The fourth-order valence-electron chi connectivity index (χ4n) is 0.474. The van der Waals surface area contributed by atoms with E-state index < -0.39 is 0 Å². The Morgan fingerprint density at radius 1 is 1.62 bits per heavy atom. The predicted molar refractivity (Wildman–Crippen MR) is 32.3 cm³/mol. The van der Waals surface area contributed by atoms with Crippen LogP contribution in [-0.2, 0) is 0 Å². The van der Waals surface area contributed by atoms with E-state index in [4.69, 9.17) is 5.73 Å². The van der Waals surface area contributed by atoms with Crippen LogP contribution in [0.2, 0.25) is 0 Å². The van der Waals surface area contributed by atoms with E-state index in [1.165, 1.54) is 0 Å². The average molecular weight is 111 g/mol. The highest BCUT2D eigenvalue weighted by molar-refractivity contribution is 5.22. The molecule has 8 heavy (non-hydrogen) atoms. The Bertz CT molecular complexity index is 146. The second kappa shape index (κ2) is 1.78. The maximum Gasteiger partial charge on any atom is 0.118 e. The molecule has 0 amide bonds. The Kier molecular flexibility index (Phi) is 1.12. The maximum absolute atomic E-state index is 5.43. The van der Waals surface area contributed by atoms with Crippen LogP contribution < -0.4 is 16.6 Å². The van der Waals surface area contributed by atoms with Gasteiger partial charge in [-0.25, -0.2) is 0 Å². The van der Waals surface area contributed by atoms with Crippen LogP contribution in [0.25, 0.3) is 0 Å². The molecule has 0 atom stereocenters. The summed E-state index contributed by atoms with van der Waals surface area (Å²) in [6, 6.07) is 0. The topological polar surface area (TPSA) is 50.1 Å². The van der Waals surface area contributed by atoms with Gasteiger partial charge in [-0.15, -0.1) is 0 Å². The summed E-state index contributed by atoms with van der Waals surface area (Å²) >= 11 is 0. The van der Waals surface area contributed by atoms with Gasteiger partial charge in [0.2, 0.25) is 0 Å². The van der Waals surface area contributed by atoms with Crippen molar-refractivity contribution in [1.82, 2.24) is 10.9 Å². The zero-order chi connectivity index (χ0) is 5.98. The second-order valence-corrected chi connectivity index (χ2v) is 1.70. The lowest BCUT2D eigenvalue weighted by molar-refractivity contribution is 0.699. The van der Waals surface area contributed by atoms with Crippen LogP contribution in [-0.4, -0.2) is 0 Å². The van der Waals surface area contributed by atoms with Gasteiger partial charge in [-0.1, -0.05) is 0 Å². The summed E-state index contributed by atoms with van der Waals surface area (Å²) < 4.78 is 0. The molecule has 0 fully saturated rings. The maximum atomic E-state index is 5.43. The molecule has 1 aliphatic heterocycles. The molecule has 1 rings (SSSR count). The van der Waals surface area contributed by atoms with Gasteiger partial charge >= 0.3 is 0 Å². The first-order valence-electron chi connectivity index (χ1n) is 2.45. The Hall–Kier alpha value is -1.12. The van der Waals surface area contributed by atoms with Gasteiger partial charge in [-0.2, -0.15) is 0 Å². The van der Waals surface area contributed by atoms with E-state index in [1.807, 2.05) is 13.0 Å². The lowest BCUT2D eigenvalue weighted by atomic mass is 10.3. The molecule has 0 aromatic rings. The van der Waals surface area contributed by atoms with E-state index in [1.54, 1.807) is 6.20 Å². The molecule has 1 aliphatic rings. The minimum Gasteiger partial charge on any atom is -0.384 e. The van der Waals surface area contributed by atoms with Gasteiger partial charge in [0.1, 0.15) is 5.82 Å². The third kappa shape index (κ3) is 0.753. The summed E-state index contributed by atoms with van der Waals surface area (Å²) in [6.07, 6.45) is 3.71. The van der Waals surface area contributed by atoms with Gasteiger partial charge in [0.25, 0.3) is 0 Å². The number of hydrogen-bond donors (Lipinski definition) is 3. The summed E-state index contributed by atoms with van der Waals surface area (Å²) in [5.74, 6) is 0.688. The molecule has 0 unspecified atom stereocenters. The van der Waals surface area contributed by atoms with Gasteiger partial charge in [0.15, 0.2) is 0 Å². The third-order valence-electron chi connectivity index (χ3n) is 1.05. The highest BCUT2D eigenvalue weighted by Crippen LogP contribution is 1.97. The van der Waals surface area contributed by atoms with Gasteiger partial charge in [0, 0.05) is 6.20 Å². The summed E-state index contributed by atoms with van der Waals surface area (Å²) in [7, 11) is 0. The van der Waals surface area contributed by atoms with Crippen molar-refractivity contribution in [3.63, 3.8) is 0 Å². The van der Waals surface area contributed by atoms with E-state index in [-0.39, 0.29) is 0 Å². The number of nitrogens with one attached hydrogen (secondary N) is 2. The quantitative estimate of drug-likeness (QED) is 0.405. The number of hydrogen-bond acceptors (Lipinski definition) is 3. The van der Waals surface area contributed by atoms with Crippen LogP contribution in [0.4, 0.5) is 0 Å². The van der Waals surface area contributed by atoms with Crippen molar-refractivity contribution in [3.05, 3.63) is 23.7 Å². The van der Waals surface area contributed by atoms with Crippen LogP contribution in [0.3, 0.4) is 0 Å². The lowest BCUT2D eigenvalue weighted by Crippen LogP contribution is -2.33. The van der Waals surface area contributed by atoms with Crippen LogP contribution in [0, 0.1) is 0 Å². The summed E-state index contributed by atoms with van der Waals surface area (Å²) in [4.78, 5) is 0. The van der Waals surface area contributed by atoms with Crippen LogP contribution in [0.15, 0.2) is 23.7 Å². The number of hydrazine groups is 1. The van der Waals surface area contributed by atoms with Crippen LogP contribution >= 0.6 is 0 Å². The van der Waals surface area contributed by atoms with E-state index in [9.17, 15) is 0 Å². The fraction of sp³-hybridized carbons (Fsp3) is 0.200. The highest BCUT2D eigenvalue weighted by atomic mass is 15.4. The first-order valence-corrected chi connectivity index (χ1v) is 2.45. The molecule has 0 radical (unpaired) electrons. The molecule has 4 N–H and O–H groups in total. The van der Waals surface area contributed by atoms with Crippen molar-refractivity contribution in [1.29, 1.82) is 0 Å². The molecule has 0 spiro atoms. The molecule has 0 aromatic heterocycles. The van der Waals surface area contributed by atoms with Gasteiger partial charge in [0.05, 0.1) is 0 Å². The van der Waals surface area contributed by atoms with Crippen molar-refractivity contribution in [2.45, 2.75) is 6.92 Å². The predicted octanol–water partition coefficient (Wildman–Crippen LogP) is -0.202. The van der Waals surface area contributed by atoms with E-state index in [0.717, 1.165) is 5.57 Å². The Morgan fingerprint density at radius 2 is 2.38 bits per heavy atom. The minimum absolute atomic E-state index is 0.688. The Labute approximate surface area is 48.2 Å². The number of nitrogens with two attached hydrogens (primary N) is 1. The lowest BCUT2D eigenvalue weighted by Gasteiger charge is -2.11. The molecule has 0 aliphatic carbocycles. The number of rotatable bonds is 0. The Morgan fingerprint density at radius 3 is 2.75 bits per heavy atom. The van der Waals surface area contributed by atoms with Gasteiger partial charge in [-0.05, 0) is 18.6 Å². The zero-order valence-corrected chi connectivity index (χ0v) is 4.73. The molecule has 3 heteroatoms. The largest absolute Gasteiger partial charge is 0.384 e. The summed E-state index contributed by atoms with van der Waals surface area (Å²) in [5.41, 5.74) is 12.0. The molecular weight excluding hydrogens is 102 g/mol. The number of allylic oxidation sites excluding steroid dienone is 2. The molecule has 44 valence electrons. The molecular formula is C5H9N3. The average Bonchev–Trinajstić information content (AvgIpc) is 1.77. The van der Waals surface area contributed by atoms with E-state index >= 15 is 0 Å². The highest BCUT2D eigenvalue weighted by Gasteiger charge is 1.94. The van der Waals surface area contributed by atoms with Crippen LogP contribution in [0.1, 0.15) is 6.92 Å². The van der Waals surface area contributed by atoms with Crippen molar-refractivity contribution in [2.24, 2.45) is 5.73 Å². The molecule has 3 nitrogen and oxygen atoms in total. The van der Waals surface area contributed by atoms with Crippen molar-refractivity contribution in [3.8, 4) is 0 Å². The normalized spacial score (nSPS) is 17.6. The molecule has 0 saturated heterocycles. The SMILES string of the molecule is CC1=C(N)NNC=C1. The first-order chi connectivity index (χ1) is 3.80. The van der Waals surface area contributed by atoms with Crippen molar-refractivity contribution < 1.29 is 0 Å². The standard InChI is InChI=1S/C5H9N3/c1-4-2-3-7-8-5(4)6/h2-3,7-8H,6H2,1H3. The third-order valence-corrected chi connectivity index (χ3v) is 1.05. The van der Waals surface area contributed by atoms with E-state index in [2.05, 4.69) is 10.9 Å². The van der Waals surface area contributed by atoms with Crippen molar-refractivity contribution >= 4 is 0 Å². The fourth-order valence-corrected chi connectivity index (χ4v) is 0.474. The zero-order valence-electron chi connectivity index (χ0n) is 4.73. The molecule has 1 heterocycles. The van der Waals surface area contributed by atoms with Crippen LogP contribution in [0.5, 0.6) is 0 Å². The van der Waals surface area contributed by atoms with Crippen molar-refractivity contribution in [2.75, 3.05) is 0 Å². The summed E-state index contributed by atoms with van der Waals surface area (Å²) in [5, 5.41) is 0. The molecule has 0 bridgehead atoms. The first kappa shape index (κ1) is 5.03. The monoisotopic (exact) mass is 111 g/mol. The Balaban J connectivity index is 2.76. The van der Waals surface area contributed by atoms with Gasteiger partial charge < -0.3 is 11.2 Å². The van der Waals surface area contributed by atoms with Gasteiger partial charge in [-0.3, -0.25) is 5.43 Å². The minimum atomic E-state index is 0.688.